The minimum atomic E-state index is -4.64. The topological polar surface area (TPSA) is 128 Å². The van der Waals surface area contributed by atoms with Gasteiger partial charge in [-0.1, -0.05) is 23.7 Å². The number of carbonyl (C=O) groups excluding carboxylic acids is 2. The first-order valence-electron chi connectivity index (χ1n) is 15.4. The van der Waals surface area contributed by atoms with Gasteiger partial charge in [0, 0.05) is 67.3 Å². The van der Waals surface area contributed by atoms with E-state index in [-0.39, 0.29) is 44.1 Å². The number of carbonyl (C=O) groups is 2. The molecule has 1 unspecified atom stereocenters. The second kappa shape index (κ2) is 13.5. The monoisotopic (exact) mass is 706 g/mol. The second-order valence-corrected chi connectivity index (χ2v) is 13.6. The number of methoxy groups -OCH3 is 4. The highest BCUT2D eigenvalue weighted by Crippen LogP contribution is 2.55. The number of anilines is 2. The van der Waals surface area contributed by atoms with Crippen molar-refractivity contribution in [1.29, 1.82) is 0 Å². The van der Waals surface area contributed by atoms with Crippen molar-refractivity contribution in [2.75, 3.05) is 63.8 Å². The molecule has 1 atom stereocenters. The van der Waals surface area contributed by atoms with E-state index >= 15 is 4.79 Å². The van der Waals surface area contributed by atoms with Crippen molar-refractivity contribution in [2.45, 2.75) is 16.7 Å². The van der Waals surface area contributed by atoms with Crippen molar-refractivity contribution < 1.29 is 37.0 Å². The third kappa shape index (κ3) is 5.76. The molecule has 3 heterocycles. The van der Waals surface area contributed by atoms with Gasteiger partial charge in [0.25, 0.3) is 15.9 Å². The lowest BCUT2D eigenvalue weighted by Crippen LogP contribution is -2.52. The van der Waals surface area contributed by atoms with E-state index in [9.17, 15) is 13.2 Å². The largest absolute Gasteiger partial charge is 0.497 e. The van der Waals surface area contributed by atoms with Crippen LogP contribution in [0.3, 0.4) is 0 Å². The van der Waals surface area contributed by atoms with Crippen LogP contribution in [0.2, 0.25) is 5.02 Å². The van der Waals surface area contributed by atoms with Gasteiger partial charge in [0.1, 0.15) is 21.8 Å². The second-order valence-electron chi connectivity index (χ2n) is 11.4. The molecule has 4 aromatic rings. The first-order valence-corrected chi connectivity index (χ1v) is 17.2. The molecule has 6 rings (SSSR count). The van der Waals surface area contributed by atoms with E-state index in [1.54, 1.807) is 35.5 Å². The maximum Gasteiger partial charge on any atom is 0.274 e. The molecule has 0 N–H and O–H groups in total. The van der Waals surface area contributed by atoms with Crippen LogP contribution < -0.4 is 28.2 Å². The fourth-order valence-corrected chi connectivity index (χ4v) is 8.40. The van der Waals surface area contributed by atoms with E-state index in [0.717, 1.165) is 9.99 Å². The fraction of sp³-hybridized carbons (Fsp3) is 0.286. The highest BCUT2D eigenvalue weighted by molar-refractivity contribution is 7.93. The van der Waals surface area contributed by atoms with Crippen molar-refractivity contribution in [3.05, 3.63) is 95.3 Å². The predicted molar refractivity (Wildman–Crippen MR) is 184 cm³/mol. The first-order chi connectivity index (χ1) is 23.6. The van der Waals surface area contributed by atoms with Crippen LogP contribution in [0, 0.1) is 0 Å². The number of pyridine rings is 1. The summed E-state index contributed by atoms with van der Waals surface area (Å²) in [5, 5.41) is 0.248. The summed E-state index contributed by atoms with van der Waals surface area (Å²) in [5.41, 5.74) is -0.356. The lowest BCUT2D eigenvalue weighted by atomic mass is 9.72. The molecule has 1 saturated heterocycles. The van der Waals surface area contributed by atoms with Crippen LogP contribution in [0.1, 0.15) is 17.5 Å². The summed E-state index contributed by atoms with van der Waals surface area (Å²) >= 11 is 6.56. The Morgan fingerprint density at radius 2 is 1.55 bits per heavy atom. The molecular formula is C35H35ClN4O8S. The summed E-state index contributed by atoms with van der Waals surface area (Å²) in [6, 6.07) is 17.5. The number of nitrogens with zero attached hydrogens (tertiary/aromatic N) is 4. The Balaban J connectivity index is 1.50. The van der Waals surface area contributed by atoms with Crippen molar-refractivity contribution in [1.82, 2.24) is 9.88 Å². The number of para-hydroxylation sites is 1. The first kappa shape index (κ1) is 33.9. The van der Waals surface area contributed by atoms with E-state index < -0.39 is 27.8 Å². The van der Waals surface area contributed by atoms with E-state index in [2.05, 4.69) is 9.88 Å². The van der Waals surface area contributed by atoms with Crippen LogP contribution in [0.4, 0.5) is 11.4 Å². The average molecular weight is 707 g/mol. The standard InChI is InChI=1S/C35H35ClN4O8S/c1-45-25-9-11-31(30(21-25)47-3)49(43,44)40-28-10-8-23(36)20-27(28)35(34(40)42,26-6-5-7-29(46-2)33(26)48-4)22-32(41)39-18-16-38(17-19-39)24-12-14-37-15-13-24/h5-15,20-21H,16-19,22H2,1-4H3. The summed E-state index contributed by atoms with van der Waals surface area (Å²) in [7, 11) is 1.00. The Morgan fingerprint density at radius 1 is 0.837 bits per heavy atom. The quantitative estimate of drug-likeness (QED) is 0.232. The van der Waals surface area contributed by atoms with Gasteiger partial charge >= 0.3 is 0 Å². The van der Waals surface area contributed by atoms with Crippen LogP contribution in [-0.2, 0) is 25.0 Å². The molecule has 49 heavy (non-hydrogen) atoms. The number of aromatic nitrogens is 1. The fourth-order valence-electron chi connectivity index (χ4n) is 6.61. The maximum absolute atomic E-state index is 15.2. The number of benzene rings is 3. The van der Waals surface area contributed by atoms with Gasteiger partial charge in [-0.2, -0.15) is 0 Å². The van der Waals surface area contributed by atoms with Crippen molar-refractivity contribution in [3.8, 4) is 23.0 Å². The number of amides is 2. The molecule has 2 amide bonds. The minimum Gasteiger partial charge on any atom is -0.497 e. The minimum absolute atomic E-state index is 0.0257. The normalized spacial score (nSPS) is 17.5. The third-order valence-electron chi connectivity index (χ3n) is 9.02. The molecule has 3 aromatic carbocycles. The molecule has 2 aliphatic rings. The van der Waals surface area contributed by atoms with Gasteiger partial charge < -0.3 is 28.7 Å². The third-order valence-corrected chi connectivity index (χ3v) is 11.0. The highest BCUT2D eigenvalue weighted by atomic mass is 35.5. The molecule has 14 heteroatoms. The van der Waals surface area contributed by atoms with Crippen molar-refractivity contribution >= 4 is 44.8 Å². The number of sulfonamides is 1. The van der Waals surface area contributed by atoms with Gasteiger partial charge in [0.15, 0.2) is 11.5 Å². The van der Waals surface area contributed by atoms with Gasteiger partial charge in [-0.15, -0.1) is 0 Å². The molecule has 2 aliphatic heterocycles. The zero-order valence-corrected chi connectivity index (χ0v) is 29.0. The maximum atomic E-state index is 15.2. The van der Waals surface area contributed by atoms with Crippen LogP contribution in [0.5, 0.6) is 23.0 Å². The number of hydrogen-bond acceptors (Lipinski definition) is 10. The summed E-state index contributed by atoms with van der Waals surface area (Å²) in [6.45, 7) is 1.88. The van der Waals surface area contributed by atoms with Gasteiger partial charge in [-0.3, -0.25) is 14.6 Å². The van der Waals surface area contributed by atoms with Crippen molar-refractivity contribution in [3.63, 3.8) is 0 Å². The number of halogens is 1. The van der Waals surface area contributed by atoms with Gasteiger partial charge in [-0.05, 0) is 54.1 Å². The molecule has 0 saturated carbocycles. The Hall–Kier alpha value is -5.01. The number of ether oxygens (including phenoxy) is 4. The smallest absolute Gasteiger partial charge is 0.274 e. The lowest BCUT2D eigenvalue weighted by Gasteiger charge is -2.38. The summed E-state index contributed by atoms with van der Waals surface area (Å²) < 4.78 is 52.1. The van der Waals surface area contributed by atoms with E-state index in [4.69, 9.17) is 30.5 Å². The van der Waals surface area contributed by atoms with E-state index in [1.165, 1.54) is 64.8 Å². The van der Waals surface area contributed by atoms with E-state index in [1.807, 2.05) is 12.1 Å². The number of hydrogen-bond donors (Lipinski definition) is 0. The average Bonchev–Trinajstić information content (AvgIpc) is 3.38. The Labute approximate surface area is 289 Å². The Kier molecular flexibility index (Phi) is 9.32. The predicted octanol–water partition coefficient (Wildman–Crippen LogP) is 4.53. The number of piperazine rings is 1. The number of rotatable bonds is 10. The van der Waals surface area contributed by atoms with Gasteiger partial charge in [0.2, 0.25) is 5.91 Å². The molecule has 1 fully saturated rings. The Morgan fingerprint density at radius 3 is 2.20 bits per heavy atom. The van der Waals surface area contributed by atoms with Crippen molar-refractivity contribution in [2.24, 2.45) is 0 Å². The molecule has 0 bridgehead atoms. The van der Waals surface area contributed by atoms with Gasteiger partial charge in [0.05, 0.1) is 34.1 Å². The SMILES string of the molecule is COc1ccc(S(=O)(=O)N2C(=O)C(CC(=O)N3CCN(c4ccncc4)CC3)(c3cccc(OC)c3OC)c3cc(Cl)ccc32)c(OC)c1. The van der Waals surface area contributed by atoms with Crippen LogP contribution in [-0.4, -0.2) is 84.7 Å². The zero-order chi connectivity index (χ0) is 34.9. The molecule has 0 aliphatic carbocycles. The molecule has 0 spiro atoms. The summed E-state index contributed by atoms with van der Waals surface area (Å²) in [5.74, 6) is -0.408. The Bertz CT molecular complexity index is 2000. The molecule has 256 valence electrons. The van der Waals surface area contributed by atoms with E-state index in [0.29, 0.717) is 37.7 Å². The van der Waals surface area contributed by atoms with Crippen LogP contribution in [0.15, 0.2) is 84.0 Å². The van der Waals surface area contributed by atoms with Crippen LogP contribution >= 0.6 is 11.6 Å². The molecule has 12 nitrogen and oxygen atoms in total. The highest BCUT2D eigenvalue weighted by Gasteiger charge is 2.59. The zero-order valence-electron chi connectivity index (χ0n) is 27.4. The lowest BCUT2D eigenvalue weighted by molar-refractivity contribution is -0.135. The molecule has 1 aromatic heterocycles. The molecule has 0 radical (unpaired) electrons. The summed E-state index contributed by atoms with van der Waals surface area (Å²) in [4.78, 5) is 37.3. The number of fused-ring (bicyclic) bond motifs is 1. The molecular weight excluding hydrogens is 672 g/mol. The summed E-state index contributed by atoms with van der Waals surface area (Å²) in [6.07, 6.45) is 3.02. The van der Waals surface area contributed by atoms with Crippen LogP contribution in [0.25, 0.3) is 0 Å². The van der Waals surface area contributed by atoms with Gasteiger partial charge in [-0.25, -0.2) is 12.7 Å².